The van der Waals surface area contributed by atoms with Crippen LogP contribution in [0.1, 0.15) is 23.6 Å². The average Bonchev–Trinajstić information content (AvgIpc) is 2.69. The molecule has 0 radical (unpaired) electrons. The summed E-state index contributed by atoms with van der Waals surface area (Å²) < 4.78 is 5.09. The van der Waals surface area contributed by atoms with Gasteiger partial charge in [0.15, 0.2) is 0 Å². The van der Waals surface area contributed by atoms with Crippen LogP contribution in [0.25, 0.3) is 0 Å². The molecule has 1 aromatic rings. The smallest absolute Gasteiger partial charge is 0.0477 e. The lowest BCUT2D eigenvalue weighted by Gasteiger charge is -2.23. The molecule has 1 aliphatic rings. The minimum Gasteiger partial charge on any atom is -0.385 e. The fourth-order valence-corrected chi connectivity index (χ4v) is 2.73. The predicted molar refractivity (Wildman–Crippen MR) is 70.2 cm³/mol. The second kappa shape index (κ2) is 5.83. The van der Waals surface area contributed by atoms with E-state index in [0.29, 0.717) is 12.6 Å². The highest BCUT2D eigenvalue weighted by atomic mass is 35.5. The number of fused-ring (bicyclic) bond motifs is 1. The number of methoxy groups -OCH3 is 1. The molecule has 2 rings (SSSR count). The standard InChI is InChI=1S/C13H19ClN2O/c1-17-7-3-6-16-9-11-10(13(16)8-15)4-2-5-12(11)14/h2,4-5,13H,3,6-9,15H2,1H3. The van der Waals surface area contributed by atoms with Gasteiger partial charge in [0.1, 0.15) is 0 Å². The quantitative estimate of drug-likeness (QED) is 0.819. The van der Waals surface area contributed by atoms with Crippen LogP contribution in [0.5, 0.6) is 0 Å². The first kappa shape index (κ1) is 12.8. The molecule has 1 heterocycles. The molecule has 4 heteroatoms. The molecule has 1 atom stereocenters. The maximum Gasteiger partial charge on any atom is 0.0477 e. The third-order valence-electron chi connectivity index (χ3n) is 3.33. The van der Waals surface area contributed by atoms with Gasteiger partial charge in [0.2, 0.25) is 0 Å². The summed E-state index contributed by atoms with van der Waals surface area (Å²) in [4.78, 5) is 2.38. The Labute approximate surface area is 107 Å². The first-order valence-corrected chi connectivity index (χ1v) is 6.36. The number of nitrogens with two attached hydrogens (primary N) is 1. The Hall–Kier alpha value is -0.610. The molecule has 0 amide bonds. The van der Waals surface area contributed by atoms with E-state index < -0.39 is 0 Å². The molecule has 1 unspecified atom stereocenters. The predicted octanol–water partition coefficient (Wildman–Crippen LogP) is 2.19. The van der Waals surface area contributed by atoms with Crippen molar-refractivity contribution in [2.45, 2.75) is 19.0 Å². The van der Waals surface area contributed by atoms with Crippen molar-refractivity contribution in [2.24, 2.45) is 5.73 Å². The summed E-state index contributed by atoms with van der Waals surface area (Å²) in [7, 11) is 1.73. The largest absolute Gasteiger partial charge is 0.385 e. The highest BCUT2D eigenvalue weighted by Gasteiger charge is 2.29. The van der Waals surface area contributed by atoms with Crippen LogP contribution >= 0.6 is 11.6 Å². The number of hydrogen-bond acceptors (Lipinski definition) is 3. The van der Waals surface area contributed by atoms with Crippen molar-refractivity contribution in [2.75, 3.05) is 26.8 Å². The van der Waals surface area contributed by atoms with E-state index in [2.05, 4.69) is 11.0 Å². The van der Waals surface area contributed by atoms with E-state index in [1.165, 1.54) is 11.1 Å². The molecule has 0 aromatic heterocycles. The number of ether oxygens (including phenoxy) is 1. The Bertz CT molecular complexity index is 384. The van der Waals surface area contributed by atoms with Crippen LogP contribution in [0.4, 0.5) is 0 Å². The highest BCUT2D eigenvalue weighted by molar-refractivity contribution is 6.31. The van der Waals surface area contributed by atoms with Gasteiger partial charge < -0.3 is 10.5 Å². The Morgan fingerprint density at radius 1 is 1.53 bits per heavy atom. The lowest BCUT2D eigenvalue weighted by Crippen LogP contribution is -2.29. The maximum absolute atomic E-state index is 6.23. The van der Waals surface area contributed by atoms with E-state index in [0.717, 1.165) is 31.1 Å². The molecule has 0 fully saturated rings. The number of rotatable bonds is 5. The third-order valence-corrected chi connectivity index (χ3v) is 3.69. The fraction of sp³-hybridized carbons (Fsp3) is 0.538. The lowest BCUT2D eigenvalue weighted by molar-refractivity contribution is 0.156. The Balaban J connectivity index is 2.11. The van der Waals surface area contributed by atoms with Crippen LogP contribution < -0.4 is 5.73 Å². The molecule has 2 N–H and O–H groups in total. The lowest BCUT2D eigenvalue weighted by atomic mass is 10.1. The summed E-state index contributed by atoms with van der Waals surface area (Å²) in [6.07, 6.45) is 1.03. The maximum atomic E-state index is 6.23. The molecule has 0 saturated heterocycles. The van der Waals surface area contributed by atoms with Crippen molar-refractivity contribution >= 4 is 11.6 Å². The summed E-state index contributed by atoms with van der Waals surface area (Å²) in [5.74, 6) is 0. The van der Waals surface area contributed by atoms with Crippen LogP contribution in [0.15, 0.2) is 18.2 Å². The van der Waals surface area contributed by atoms with Crippen LogP contribution in [0.2, 0.25) is 5.02 Å². The van der Waals surface area contributed by atoms with E-state index in [4.69, 9.17) is 22.1 Å². The second-order valence-corrected chi connectivity index (χ2v) is 4.78. The number of hydrogen-bond donors (Lipinski definition) is 1. The molecule has 0 aliphatic carbocycles. The minimum atomic E-state index is 0.306. The molecular formula is C13H19ClN2O. The van der Waals surface area contributed by atoms with E-state index in [-0.39, 0.29) is 0 Å². The molecule has 1 aromatic carbocycles. The summed E-state index contributed by atoms with van der Waals surface area (Å²) >= 11 is 6.23. The zero-order valence-corrected chi connectivity index (χ0v) is 10.9. The monoisotopic (exact) mass is 254 g/mol. The molecular weight excluding hydrogens is 236 g/mol. The van der Waals surface area contributed by atoms with Gasteiger partial charge in [-0.25, -0.2) is 0 Å². The molecule has 0 spiro atoms. The Morgan fingerprint density at radius 3 is 3.06 bits per heavy atom. The zero-order chi connectivity index (χ0) is 12.3. The minimum absolute atomic E-state index is 0.306. The fourth-order valence-electron chi connectivity index (χ4n) is 2.49. The van der Waals surface area contributed by atoms with Gasteiger partial charge in [-0.15, -0.1) is 0 Å². The summed E-state index contributed by atoms with van der Waals surface area (Å²) in [5, 5.41) is 0.857. The van der Waals surface area contributed by atoms with Crippen LogP contribution in [0.3, 0.4) is 0 Å². The van der Waals surface area contributed by atoms with Crippen molar-refractivity contribution in [3.05, 3.63) is 34.3 Å². The summed E-state index contributed by atoms with van der Waals surface area (Å²) in [6.45, 7) is 3.33. The van der Waals surface area contributed by atoms with Crippen LogP contribution in [-0.2, 0) is 11.3 Å². The number of benzene rings is 1. The second-order valence-electron chi connectivity index (χ2n) is 4.38. The molecule has 94 valence electrons. The molecule has 0 bridgehead atoms. The van der Waals surface area contributed by atoms with Gasteiger partial charge in [0.05, 0.1) is 0 Å². The molecule has 17 heavy (non-hydrogen) atoms. The number of halogens is 1. The van der Waals surface area contributed by atoms with Crippen LogP contribution in [-0.4, -0.2) is 31.7 Å². The van der Waals surface area contributed by atoms with Gasteiger partial charge in [0.25, 0.3) is 0 Å². The average molecular weight is 255 g/mol. The molecule has 0 saturated carbocycles. The van der Waals surface area contributed by atoms with Crippen molar-refractivity contribution in [3.63, 3.8) is 0 Å². The van der Waals surface area contributed by atoms with Crippen molar-refractivity contribution in [1.29, 1.82) is 0 Å². The first-order chi connectivity index (χ1) is 8.27. The van der Waals surface area contributed by atoms with E-state index in [9.17, 15) is 0 Å². The first-order valence-electron chi connectivity index (χ1n) is 5.98. The van der Waals surface area contributed by atoms with Gasteiger partial charge in [0, 0.05) is 44.4 Å². The SMILES string of the molecule is COCCCN1Cc2c(Cl)cccc2C1CN. The Kier molecular flexibility index (Phi) is 4.40. The van der Waals surface area contributed by atoms with Crippen molar-refractivity contribution in [1.82, 2.24) is 4.90 Å². The summed E-state index contributed by atoms with van der Waals surface area (Å²) in [5.41, 5.74) is 8.40. The molecule has 3 nitrogen and oxygen atoms in total. The zero-order valence-electron chi connectivity index (χ0n) is 10.2. The van der Waals surface area contributed by atoms with Gasteiger partial charge in [-0.1, -0.05) is 23.7 Å². The van der Waals surface area contributed by atoms with Crippen molar-refractivity contribution < 1.29 is 4.74 Å². The normalized spacial score (nSPS) is 19.6. The van der Waals surface area contributed by atoms with Gasteiger partial charge >= 0.3 is 0 Å². The van der Waals surface area contributed by atoms with E-state index >= 15 is 0 Å². The highest BCUT2D eigenvalue weighted by Crippen LogP contribution is 2.36. The van der Waals surface area contributed by atoms with Crippen molar-refractivity contribution in [3.8, 4) is 0 Å². The topological polar surface area (TPSA) is 38.5 Å². The van der Waals surface area contributed by atoms with Crippen LogP contribution in [0, 0.1) is 0 Å². The van der Waals surface area contributed by atoms with Gasteiger partial charge in [-0.05, 0) is 23.6 Å². The molecule has 1 aliphatic heterocycles. The Morgan fingerprint density at radius 2 is 2.35 bits per heavy atom. The number of nitrogens with zero attached hydrogens (tertiary/aromatic N) is 1. The summed E-state index contributed by atoms with van der Waals surface area (Å²) in [6, 6.07) is 6.39. The van der Waals surface area contributed by atoms with Gasteiger partial charge in [-0.3, -0.25) is 4.90 Å². The van der Waals surface area contributed by atoms with E-state index in [1.54, 1.807) is 7.11 Å². The van der Waals surface area contributed by atoms with E-state index in [1.807, 2.05) is 12.1 Å². The van der Waals surface area contributed by atoms with Gasteiger partial charge in [-0.2, -0.15) is 0 Å². The third kappa shape index (κ3) is 2.63.